The van der Waals surface area contributed by atoms with Gasteiger partial charge in [-0.15, -0.1) is 0 Å². The predicted octanol–water partition coefficient (Wildman–Crippen LogP) is 7.25. The highest BCUT2D eigenvalue weighted by Crippen LogP contribution is 2.46. The van der Waals surface area contributed by atoms with Gasteiger partial charge in [-0.05, 0) is 90.6 Å². The molecule has 1 N–H and O–H groups in total. The molecule has 0 unspecified atom stereocenters. The molecule has 1 fully saturated rings. The average Bonchev–Trinajstić information content (AvgIpc) is 2.93. The minimum atomic E-state index is -0.802. The number of carbonyl (C=O) groups is 1. The summed E-state index contributed by atoms with van der Waals surface area (Å²) in [5.74, 6) is -0.335. The second-order valence-corrected chi connectivity index (χ2v) is 9.46. The van der Waals surface area contributed by atoms with Gasteiger partial charge < -0.3 is 14.7 Å². The van der Waals surface area contributed by atoms with E-state index in [0.29, 0.717) is 30.7 Å². The molecular formula is C32H29F2NO3. The molecule has 1 heterocycles. The quantitative estimate of drug-likeness (QED) is 0.240. The zero-order valence-corrected chi connectivity index (χ0v) is 21.1. The van der Waals surface area contributed by atoms with E-state index in [1.165, 1.54) is 24.3 Å². The van der Waals surface area contributed by atoms with Gasteiger partial charge in [0.15, 0.2) is 0 Å². The number of rotatable bonds is 9. The normalized spacial score (nSPS) is 17.7. The monoisotopic (exact) mass is 513 g/mol. The maximum absolute atomic E-state index is 13.6. The number of ether oxygens (including phenoxy) is 1. The molecule has 4 aromatic rings. The second-order valence-electron chi connectivity index (χ2n) is 9.46. The number of anilines is 1. The number of nitrogens with zero attached hydrogens (tertiary/aromatic N) is 1. The van der Waals surface area contributed by atoms with Crippen molar-refractivity contribution in [2.75, 3.05) is 11.5 Å². The summed E-state index contributed by atoms with van der Waals surface area (Å²) in [5, 5.41) is 10.7. The van der Waals surface area contributed by atoms with Crippen LogP contribution in [0.15, 0.2) is 97.1 Å². The Morgan fingerprint density at radius 3 is 2.18 bits per heavy atom. The van der Waals surface area contributed by atoms with Gasteiger partial charge >= 0.3 is 0 Å². The molecule has 1 saturated heterocycles. The molecule has 4 nitrogen and oxygen atoms in total. The van der Waals surface area contributed by atoms with Crippen molar-refractivity contribution in [1.82, 2.24) is 0 Å². The Morgan fingerprint density at radius 2 is 1.53 bits per heavy atom. The number of hydrogen-bond donors (Lipinski definition) is 1. The van der Waals surface area contributed by atoms with Gasteiger partial charge in [0.25, 0.3) is 0 Å². The number of hydrogen-bond acceptors (Lipinski definition) is 3. The first-order valence-electron chi connectivity index (χ1n) is 12.8. The Balaban J connectivity index is 1.39. The molecule has 0 spiro atoms. The number of aliphatic hydroxyl groups is 1. The van der Waals surface area contributed by atoms with Gasteiger partial charge in [0, 0.05) is 5.69 Å². The van der Waals surface area contributed by atoms with Gasteiger partial charge in [-0.25, -0.2) is 8.78 Å². The molecule has 194 valence electrons. The number of halogens is 2. The first-order chi connectivity index (χ1) is 18.4. The van der Waals surface area contributed by atoms with Crippen LogP contribution in [0.4, 0.5) is 14.5 Å². The SMILES string of the molecule is CCOc1cccc(-c2ccc([C@@H]3[C@@H](CC[C@H](O)c4ccc(F)cc4)C(=O)N3c3ccc(F)cc3)cc2)c1. The van der Waals surface area contributed by atoms with Crippen LogP contribution >= 0.6 is 0 Å². The van der Waals surface area contributed by atoms with E-state index in [0.717, 1.165) is 22.4 Å². The van der Waals surface area contributed by atoms with E-state index in [1.54, 1.807) is 29.2 Å². The van der Waals surface area contributed by atoms with Crippen molar-refractivity contribution in [3.05, 3.63) is 120 Å². The van der Waals surface area contributed by atoms with Gasteiger partial charge in [0.2, 0.25) is 5.91 Å². The van der Waals surface area contributed by atoms with E-state index < -0.39 is 6.10 Å². The highest BCUT2D eigenvalue weighted by Gasteiger charge is 2.48. The molecule has 3 atom stereocenters. The van der Waals surface area contributed by atoms with E-state index in [9.17, 15) is 18.7 Å². The zero-order valence-electron chi connectivity index (χ0n) is 21.1. The van der Waals surface area contributed by atoms with Crippen LogP contribution in [0, 0.1) is 17.6 Å². The van der Waals surface area contributed by atoms with Gasteiger partial charge in [-0.3, -0.25) is 4.79 Å². The number of carbonyl (C=O) groups excluding carboxylic acids is 1. The minimum absolute atomic E-state index is 0.0681. The molecule has 0 radical (unpaired) electrons. The molecule has 38 heavy (non-hydrogen) atoms. The standard InChI is InChI=1S/C32H29F2NO3/c1-2-38-28-5-3-4-24(20-28)21-6-8-23(9-7-21)31-29(18-19-30(36)22-10-12-25(33)13-11-22)32(37)35(31)27-16-14-26(34)15-17-27/h3-17,20,29-31,36H,2,18-19H2,1H3/t29-,30+,31-/m1/s1. The Bertz CT molecular complexity index is 1390. The maximum Gasteiger partial charge on any atom is 0.233 e. The number of amides is 1. The molecule has 5 rings (SSSR count). The molecule has 0 aliphatic carbocycles. The number of aliphatic hydroxyl groups excluding tert-OH is 1. The van der Waals surface area contributed by atoms with E-state index in [-0.39, 0.29) is 29.5 Å². The van der Waals surface area contributed by atoms with Crippen LogP contribution in [0.2, 0.25) is 0 Å². The third-order valence-corrected chi connectivity index (χ3v) is 7.06. The minimum Gasteiger partial charge on any atom is -0.494 e. The Hall–Kier alpha value is -4.03. The summed E-state index contributed by atoms with van der Waals surface area (Å²) >= 11 is 0. The molecule has 1 aliphatic rings. The fourth-order valence-corrected chi connectivity index (χ4v) is 5.09. The summed E-state index contributed by atoms with van der Waals surface area (Å²) in [5.41, 5.74) is 4.26. The number of β-lactam (4-membered cyclic amide) rings is 1. The fraction of sp³-hybridized carbons (Fsp3) is 0.219. The molecule has 0 saturated carbocycles. The lowest BCUT2D eigenvalue weighted by molar-refractivity contribution is -0.131. The predicted molar refractivity (Wildman–Crippen MR) is 144 cm³/mol. The summed E-state index contributed by atoms with van der Waals surface area (Å²) in [6.45, 7) is 2.54. The van der Waals surface area contributed by atoms with Crippen LogP contribution in [-0.4, -0.2) is 17.6 Å². The molecular weight excluding hydrogens is 484 g/mol. The smallest absolute Gasteiger partial charge is 0.233 e. The van der Waals surface area contributed by atoms with Crippen molar-refractivity contribution >= 4 is 11.6 Å². The summed E-state index contributed by atoms with van der Waals surface area (Å²) in [7, 11) is 0. The van der Waals surface area contributed by atoms with Crippen molar-refractivity contribution in [2.24, 2.45) is 5.92 Å². The zero-order chi connectivity index (χ0) is 26.6. The second kappa shape index (κ2) is 11.2. The summed E-state index contributed by atoms with van der Waals surface area (Å²) < 4.78 is 32.5. The van der Waals surface area contributed by atoms with Gasteiger partial charge in [0.1, 0.15) is 17.4 Å². The Labute approximate surface area is 221 Å². The molecule has 1 amide bonds. The molecule has 1 aliphatic heterocycles. The molecule has 0 bridgehead atoms. The van der Waals surface area contributed by atoms with Crippen LogP contribution < -0.4 is 9.64 Å². The third kappa shape index (κ3) is 5.31. The van der Waals surface area contributed by atoms with E-state index in [1.807, 2.05) is 55.5 Å². The average molecular weight is 514 g/mol. The topological polar surface area (TPSA) is 49.8 Å². The van der Waals surface area contributed by atoms with Crippen molar-refractivity contribution in [3.8, 4) is 16.9 Å². The highest BCUT2D eigenvalue weighted by molar-refractivity contribution is 6.03. The molecule has 0 aromatic heterocycles. The van der Waals surface area contributed by atoms with E-state index in [2.05, 4.69) is 0 Å². The van der Waals surface area contributed by atoms with Crippen molar-refractivity contribution < 1.29 is 23.4 Å². The summed E-state index contributed by atoms with van der Waals surface area (Å²) in [4.78, 5) is 15.0. The van der Waals surface area contributed by atoms with Crippen molar-refractivity contribution in [3.63, 3.8) is 0 Å². The Kier molecular flexibility index (Phi) is 7.52. The first-order valence-corrected chi connectivity index (χ1v) is 12.8. The first kappa shape index (κ1) is 25.6. The van der Waals surface area contributed by atoms with Crippen LogP contribution in [0.5, 0.6) is 5.75 Å². The van der Waals surface area contributed by atoms with E-state index in [4.69, 9.17) is 4.74 Å². The lowest BCUT2D eigenvalue weighted by Gasteiger charge is -2.48. The lowest BCUT2D eigenvalue weighted by Crippen LogP contribution is -2.55. The van der Waals surface area contributed by atoms with Gasteiger partial charge in [-0.2, -0.15) is 0 Å². The van der Waals surface area contributed by atoms with Crippen molar-refractivity contribution in [2.45, 2.75) is 31.9 Å². The van der Waals surface area contributed by atoms with E-state index >= 15 is 0 Å². The molecule has 6 heteroatoms. The highest BCUT2D eigenvalue weighted by atomic mass is 19.1. The number of benzene rings is 4. The van der Waals surface area contributed by atoms with Gasteiger partial charge in [-0.1, -0.05) is 48.5 Å². The fourth-order valence-electron chi connectivity index (χ4n) is 5.09. The Morgan fingerprint density at radius 1 is 0.868 bits per heavy atom. The van der Waals surface area contributed by atoms with Crippen LogP contribution in [0.25, 0.3) is 11.1 Å². The summed E-state index contributed by atoms with van der Waals surface area (Å²) in [6, 6.07) is 27.4. The van der Waals surface area contributed by atoms with Crippen LogP contribution in [-0.2, 0) is 4.79 Å². The lowest BCUT2D eigenvalue weighted by atomic mass is 9.78. The molecule has 4 aromatic carbocycles. The maximum atomic E-state index is 13.6. The van der Waals surface area contributed by atoms with Crippen LogP contribution in [0.1, 0.15) is 43.0 Å². The largest absolute Gasteiger partial charge is 0.494 e. The third-order valence-electron chi connectivity index (χ3n) is 7.06. The van der Waals surface area contributed by atoms with Gasteiger partial charge in [0.05, 0.1) is 24.7 Å². The van der Waals surface area contributed by atoms with Crippen LogP contribution in [0.3, 0.4) is 0 Å². The van der Waals surface area contributed by atoms with Crippen molar-refractivity contribution in [1.29, 1.82) is 0 Å². The summed E-state index contributed by atoms with van der Waals surface area (Å²) in [6.07, 6.45) is 0.0135.